The van der Waals surface area contributed by atoms with E-state index in [1.807, 2.05) is 0 Å². The van der Waals surface area contributed by atoms with Crippen LogP contribution >= 0.6 is 11.6 Å². The SMILES string of the molecule is CC(=O)N(c1cc([N+](=O)[O-])ccn1)c1cc2ccnn2cc1Cl. The molecule has 0 bridgehead atoms. The highest BCUT2D eigenvalue weighted by Gasteiger charge is 2.21. The van der Waals surface area contributed by atoms with Crippen molar-refractivity contribution >= 4 is 40.2 Å². The summed E-state index contributed by atoms with van der Waals surface area (Å²) in [6, 6.07) is 5.89. The minimum Gasteiger partial charge on any atom is -0.274 e. The van der Waals surface area contributed by atoms with Crippen LogP contribution in [0.3, 0.4) is 0 Å². The summed E-state index contributed by atoms with van der Waals surface area (Å²) in [6.45, 7) is 1.33. The van der Waals surface area contributed by atoms with Crippen molar-refractivity contribution in [3.05, 3.63) is 58.0 Å². The molecule has 0 N–H and O–H groups in total. The molecule has 0 saturated carbocycles. The average molecular weight is 332 g/mol. The summed E-state index contributed by atoms with van der Waals surface area (Å²) < 4.78 is 1.56. The molecule has 3 aromatic rings. The molecule has 0 spiro atoms. The van der Waals surface area contributed by atoms with Crippen molar-refractivity contribution in [1.29, 1.82) is 0 Å². The molecule has 9 heteroatoms. The number of pyridine rings is 2. The minimum absolute atomic E-state index is 0.123. The van der Waals surface area contributed by atoms with Crippen LogP contribution in [0.5, 0.6) is 0 Å². The zero-order chi connectivity index (χ0) is 16.6. The Bertz CT molecular complexity index is 924. The summed E-state index contributed by atoms with van der Waals surface area (Å²) in [6.07, 6.45) is 4.42. The van der Waals surface area contributed by atoms with Crippen LogP contribution in [0.25, 0.3) is 5.52 Å². The first-order valence-electron chi connectivity index (χ1n) is 6.51. The standard InChI is InChI=1S/C14H10ClN5O3/c1-9(21)19(14-7-11(20(22)23)2-4-16-14)13-6-10-3-5-17-18(10)8-12(13)15/h2-8H,1H3. The Morgan fingerprint density at radius 2 is 2.13 bits per heavy atom. The number of anilines is 2. The van der Waals surface area contributed by atoms with E-state index in [-0.39, 0.29) is 22.4 Å². The van der Waals surface area contributed by atoms with Gasteiger partial charge in [0, 0.05) is 31.6 Å². The number of aromatic nitrogens is 3. The number of nitrogens with zero attached hydrogens (tertiary/aromatic N) is 5. The summed E-state index contributed by atoms with van der Waals surface area (Å²) in [7, 11) is 0. The first-order valence-corrected chi connectivity index (χ1v) is 6.89. The van der Waals surface area contributed by atoms with E-state index >= 15 is 0 Å². The monoisotopic (exact) mass is 331 g/mol. The second-order valence-corrected chi connectivity index (χ2v) is 5.10. The van der Waals surface area contributed by atoms with Crippen LogP contribution in [-0.4, -0.2) is 25.4 Å². The number of nitro groups is 1. The lowest BCUT2D eigenvalue weighted by molar-refractivity contribution is -0.384. The van der Waals surface area contributed by atoms with Crippen LogP contribution in [0.1, 0.15) is 6.92 Å². The van der Waals surface area contributed by atoms with Crippen LogP contribution in [-0.2, 0) is 4.79 Å². The van der Waals surface area contributed by atoms with Gasteiger partial charge in [-0.25, -0.2) is 9.50 Å². The van der Waals surface area contributed by atoms with E-state index in [0.29, 0.717) is 5.69 Å². The number of amides is 1. The number of halogens is 1. The normalized spacial score (nSPS) is 10.7. The van der Waals surface area contributed by atoms with Crippen LogP contribution in [0, 0.1) is 10.1 Å². The lowest BCUT2D eigenvalue weighted by Gasteiger charge is -2.21. The zero-order valence-corrected chi connectivity index (χ0v) is 12.6. The molecular weight excluding hydrogens is 322 g/mol. The summed E-state index contributed by atoms with van der Waals surface area (Å²) >= 11 is 6.23. The first kappa shape index (κ1) is 14.9. The molecule has 0 aromatic carbocycles. The molecule has 0 aliphatic rings. The van der Waals surface area contributed by atoms with E-state index in [0.717, 1.165) is 5.52 Å². The third-order valence-electron chi connectivity index (χ3n) is 3.19. The predicted octanol–water partition coefficient (Wildman–Crippen LogP) is 2.98. The third kappa shape index (κ3) is 2.71. The van der Waals surface area contributed by atoms with Gasteiger partial charge in [-0.05, 0) is 12.1 Å². The van der Waals surface area contributed by atoms with Crippen molar-refractivity contribution in [3.63, 3.8) is 0 Å². The fraction of sp³-hybridized carbons (Fsp3) is 0.0714. The summed E-state index contributed by atoms with van der Waals surface area (Å²) in [5.41, 5.74) is 0.934. The second-order valence-electron chi connectivity index (χ2n) is 4.69. The van der Waals surface area contributed by atoms with E-state index in [4.69, 9.17) is 11.6 Å². The van der Waals surface area contributed by atoms with Crippen LogP contribution in [0.15, 0.2) is 42.9 Å². The molecule has 23 heavy (non-hydrogen) atoms. The molecular formula is C14H10ClN5O3. The van der Waals surface area contributed by atoms with Gasteiger partial charge in [-0.15, -0.1) is 0 Å². The van der Waals surface area contributed by atoms with Crippen molar-refractivity contribution in [3.8, 4) is 0 Å². The van der Waals surface area contributed by atoms with E-state index in [2.05, 4.69) is 10.1 Å². The molecule has 3 aromatic heterocycles. The molecule has 1 amide bonds. The van der Waals surface area contributed by atoms with E-state index in [1.54, 1.807) is 29.0 Å². The van der Waals surface area contributed by atoms with Gasteiger partial charge in [-0.2, -0.15) is 5.10 Å². The van der Waals surface area contributed by atoms with E-state index < -0.39 is 4.92 Å². The number of hydrogen-bond donors (Lipinski definition) is 0. The van der Waals surface area contributed by atoms with Gasteiger partial charge >= 0.3 is 0 Å². The Labute approximate surface area is 135 Å². The van der Waals surface area contributed by atoms with Gasteiger partial charge in [0.05, 0.1) is 27.2 Å². The molecule has 0 saturated heterocycles. The minimum atomic E-state index is -0.550. The largest absolute Gasteiger partial charge is 0.274 e. The topological polar surface area (TPSA) is 93.6 Å². The smallest absolute Gasteiger partial charge is 0.274 e. The molecule has 0 aliphatic heterocycles. The number of carbonyl (C=O) groups excluding carboxylic acids is 1. The van der Waals surface area contributed by atoms with Gasteiger partial charge in [-0.1, -0.05) is 11.6 Å². The first-order chi connectivity index (χ1) is 11.0. The van der Waals surface area contributed by atoms with Crippen LogP contribution in [0.4, 0.5) is 17.2 Å². The maximum absolute atomic E-state index is 12.1. The lowest BCUT2D eigenvalue weighted by Crippen LogP contribution is -2.24. The van der Waals surface area contributed by atoms with Crippen LogP contribution < -0.4 is 4.90 Å². The fourth-order valence-corrected chi connectivity index (χ4v) is 2.43. The molecule has 116 valence electrons. The number of rotatable bonds is 3. The van der Waals surface area contributed by atoms with E-state index in [9.17, 15) is 14.9 Å². The number of hydrogen-bond acceptors (Lipinski definition) is 5. The van der Waals surface area contributed by atoms with Gasteiger partial charge < -0.3 is 0 Å². The maximum Gasteiger partial charge on any atom is 0.274 e. The van der Waals surface area contributed by atoms with Crippen LogP contribution in [0.2, 0.25) is 5.02 Å². The Balaban J connectivity index is 2.17. The number of carbonyl (C=O) groups is 1. The quantitative estimate of drug-likeness (QED) is 0.543. The highest BCUT2D eigenvalue weighted by molar-refractivity contribution is 6.34. The summed E-state index contributed by atoms with van der Waals surface area (Å²) in [4.78, 5) is 27.7. The number of fused-ring (bicyclic) bond motifs is 1. The fourth-order valence-electron chi connectivity index (χ4n) is 2.20. The highest BCUT2D eigenvalue weighted by atomic mass is 35.5. The Morgan fingerprint density at radius 1 is 1.35 bits per heavy atom. The molecule has 0 radical (unpaired) electrons. The maximum atomic E-state index is 12.1. The molecule has 8 nitrogen and oxygen atoms in total. The molecule has 0 atom stereocenters. The third-order valence-corrected chi connectivity index (χ3v) is 3.48. The lowest BCUT2D eigenvalue weighted by atomic mass is 10.3. The van der Waals surface area contributed by atoms with Crippen molar-refractivity contribution in [2.45, 2.75) is 6.92 Å². The molecule has 3 rings (SSSR count). The van der Waals surface area contributed by atoms with Crippen molar-refractivity contribution in [2.75, 3.05) is 4.90 Å². The average Bonchev–Trinajstić information content (AvgIpc) is 2.94. The molecule has 3 heterocycles. The van der Waals surface area contributed by atoms with Crippen molar-refractivity contribution < 1.29 is 9.72 Å². The highest BCUT2D eigenvalue weighted by Crippen LogP contribution is 2.33. The van der Waals surface area contributed by atoms with Gasteiger partial charge in [0.25, 0.3) is 5.69 Å². The Morgan fingerprint density at radius 3 is 2.83 bits per heavy atom. The summed E-state index contributed by atoms with van der Waals surface area (Å²) in [5.74, 6) is -0.249. The van der Waals surface area contributed by atoms with Gasteiger partial charge in [0.2, 0.25) is 5.91 Å². The Kier molecular flexibility index (Phi) is 3.67. The molecule has 0 unspecified atom stereocenters. The second kappa shape index (κ2) is 5.65. The Hall–Kier alpha value is -3.00. The zero-order valence-electron chi connectivity index (χ0n) is 11.9. The van der Waals surface area contributed by atoms with Crippen molar-refractivity contribution in [2.24, 2.45) is 0 Å². The van der Waals surface area contributed by atoms with Crippen molar-refractivity contribution in [1.82, 2.24) is 14.6 Å². The van der Waals surface area contributed by atoms with Gasteiger partial charge in [0.15, 0.2) is 0 Å². The van der Waals surface area contributed by atoms with E-state index in [1.165, 1.54) is 30.2 Å². The van der Waals surface area contributed by atoms with Gasteiger partial charge in [-0.3, -0.25) is 19.8 Å². The molecule has 0 fully saturated rings. The summed E-state index contributed by atoms with van der Waals surface area (Å²) in [5, 5.41) is 15.3. The predicted molar refractivity (Wildman–Crippen MR) is 83.9 cm³/mol. The van der Waals surface area contributed by atoms with Gasteiger partial charge in [0.1, 0.15) is 5.82 Å². The molecule has 0 aliphatic carbocycles.